The van der Waals surface area contributed by atoms with Crippen molar-refractivity contribution in [2.75, 3.05) is 6.26 Å². The van der Waals surface area contributed by atoms with Crippen LogP contribution in [-0.4, -0.2) is 14.7 Å². The molecule has 0 heterocycles. The highest BCUT2D eigenvalue weighted by atomic mass is 35.5. The number of rotatable bonds is 4. The molecule has 0 spiro atoms. The van der Waals surface area contributed by atoms with Gasteiger partial charge in [0.05, 0.1) is 6.26 Å². The summed E-state index contributed by atoms with van der Waals surface area (Å²) in [6, 6.07) is 6.99. The summed E-state index contributed by atoms with van der Waals surface area (Å²) in [7, 11) is -3.21. The second-order valence-corrected chi connectivity index (χ2v) is 5.56. The Labute approximate surface area is 95.5 Å². The van der Waals surface area contributed by atoms with Crippen LogP contribution in [0.4, 0.5) is 0 Å². The number of hydrogen-bond donors (Lipinski definition) is 1. The van der Waals surface area contributed by atoms with Gasteiger partial charge in [0.15, 0.2) is 0 Å². The Morgan fingerprint density at radius 3 is 2.47 bits per heavy atom. The first-order valence-electron chi connectivity index (χ1n) is 4.65. The fourth-order valence-corrected chi connectivity index (χ4v) is 2.46. The maximum Gasteiger partial charge on any atom is 0.209 e. The van der Waals surface area contributed by atoms with Gasteiger partial charge in [-0.2, -0.15) is 0 Å². The molecule has 0 aliphatic heterocycles. The van der Waals surface area contributed by atoms with Crippen LogP contribution >= 0.6 is 11.6 Å². The SMILES string of the molecule is CC[C@H](NS(C)(=O)=O)c1ccccc1Cl. The van der Waals surface area contributed by atoms with Crippen LogP contribution in [0.1, 0.15) is 24.9 Å². The van der Waals surface area contributed by atoms with E-state index < -0.39 is 10.0 Å². The second-order valence-electron chi connectivity index (χ2n) is 3.37. The summed E-state index contributed by atoms with van der Waals surface area (Å²) in [6.45, 7) is 1.91. The molecule has 1 atom stereocenters. The van der Waals surface area contributed by atoms with Gasteiger partial charge < -0.3 is 0 Å². The summed E-state index contributed by atoms with van der Waals surface area (Å²) >= 11 is 5.99. The smallest absolute Gasteiger partial charge is 0.209 e. The van der Waals surface area contributed by atoms with Crippen molar-refractivity contribution in [3.63, 3.8) is 0 Å². The van der Waals surface area contributed by atoms with Crippen LogP contribution in [0, 0.1) is 0 Å². The molecule has 0 saturated carbocycles. The fraction of sp³-hybridized carbons (Fsp3) is 0.400. The summed E-state index contributed by atoms with van der Waals surface area (Å²) in [6.07, 6.45) is 1.81. The van der Waals surface area contributed by atoms with Gasteiger partial charge in [-0.15, -0.1) is 0 Å². The van der Waals surface area contributed by atoms with Crippen molar-refractivity contribution in [2.45, 2.75) is 19.4 Å². The van der Waals surface area contributed by atoms with Gasteiger partial charge in [-0.25, -0.2) is 13.1 Å². The van der Waals surface area contributed by atoms with Crippen molar-refractivity contribution in [1.29, 1.82) is 0 Å². The Kier molecular flexibility index (Phi) is 4.13. The van der Waals surface area contributed by atoms with Crippen molar-refractivity contribution < 1.29 is 8.42 Å². The lowest BCUT2D eigenvalue weighted by Crippen LogP contribution is -2.27. The zero-order chi connectivity index (χ0) is 11.5. The van der Waals surface area contributed by atoms with Crippen LogP contribution < -0.4 is 4.72 Å². The predicted octanol–water partition coefficient (Wildman–Crippen LogP) is 2.34. The van der Waals surface area contributed by atoms with Crippen LogP contribution in [0.5, 0.6) is 0 Å². The van der Waals surface area contributed by atoms with E-state index in [1.165, 1.54) is 0 Å². The molecule has 0 aliphatic carbocycles. The molecule has 3 nitrogen and oxygen atoms in total. The minimum Gasteiger partial charge on any atom is -0.213 e. The highest BCUT2D eigenvalue weighted by Gasteiger charge is 2.15. The van der Waals surface area contributed by atoms with Gasteiger partial charge in [-0.1, -0.05) is 36.7 Å². The van der Waals surface area contributed by atoms with Gasteiger partial charge in [0.1, 0.15) is 0 Å². The number of benzene rings is 1. The Bertz CT molecular complexity index is 431. The van der Waals surface area contributed by atoms with Gasteiger partial charge >= 0.3 is 0 Å². The van der Waals surface area contributed by atoms with E-state index in [0.717, 1.165) is 11.8 Å². The second kappa shape index (κ2) is 4.96. The first kappa shape index (κ1) is 12.5. The monoisotopic (exact) mass is 247 g/mol. The zero-order valence-electron chi connectivity index (χ0n) is 8.70. The Morgan fingerprint density at radius 2 is 2.00 bits per heavy atom. The third-order valence-corrected chi connectivity index (χ3v) is 3.10. The predicted molar refractivity (Wildman–Crippen MR) is 62.5 cm³/mol. The van der Waals surface area contributed by atoms with Crippen molar-refractivity contribution in [3.8, 4) is 0 Å². The molecule has 0 bridgehead atoms. The Balaban J connectivity index is 2.98. The van der Waals surface area contributed by atoms with E-state index in [0.29, 0.717) is 11.4 Å². The number of nitrogens with one attached hydrogen (secondary N) is 1. The largest absolute Gasteiger partial charge is 0.213 e. The highest BCUT2D eigenvalue weighted by Crippen LogP contribution is 2.25. The fourth-order valence-electron chi connectivity index (χ4n) is 1.38. The molecule has 15 heavy (non-hydrogen) atoms. The Morgan fingerprint density at radius 1 is 1.40 bits per heavy atom. The molecule has 1 N–H and O–H groups in total. The maximum absolute atomic E-state index is 11.1. The topological polar surface area (TPSA) is 46.2 Å². The lowest BCUT2D eigenvalue weighted by Gasteiger charge is -2.16. The first-order chi connectivity index (χ1) is 6.94. The van der Waals surface area contributed by atoms with Crippen molar-refractivity contribution in [2.24, 2.45) is 0 Å². The molecule has 0 fully saturated rings. The van der Waals surface area contributed by atoms with E-state index in [1.807, 2.05) is 25.1 Å². The molecular weight excluding hydrogens is 234 g/mol. The Hall–Kier alpha value is -0.580. The average molecular weight is 248 g/mol. The van der Waals surface area contributed by atoms with Crippen LogP contribution in [0.25, 0.3) is 0 Å². The van der Waals surface area contributed by atoms with Crippen LogP contribution in [0.3, 0.4) is 0 Å². The van der Waals surface area contributed by atoms with E-state index in [1.54, 1.807) is 6.07 Å². The molecule has 0 radical (unpaired) electrons. The number of halogens is 1. The minimum absolute atomic E-state index is 0.256. The van der Waals surface area contributed by atoms with E-state index >= 15 is 0 Å². The van der Waals surface area contributed by atoms with Crippen molar-refractivity contribution in [1.82, 2.24) is 4.72 Å². The summed E-state index contributed by atoms with van der Waals surface area (Å²) in [5, 5.41) is 0.584. The van der Waals surface area contributed by atoms with E-state index in [2.05, 4.69) is 4.72 Å². The van der Waals surface area contributed by atoms with Gasteiger partial charge in [0.2, 0.25) is 10.0 Å². The molecule has 0 unspecified atom stereocenters. The lowest BCUT2D eigenvalue weighted by atomic mass is 10.1. The van der Waals surface area contributed by atoms with Crippen molar-refractivity contribution in [3.05, 3.63) is 34.9 Å². The van der Waals surface area contributed by atoms with E-state index in [9.17, 15) is 8.42 Å². The quantitative estimate of drug-likeness (QED) is 0.888. The van der Waals surface area contributed by atoms with Gasteiger partial charge in [0, 0.05) is 11.1 Å². The molecule has 0 aromatic heterocycles. The van der Waals surface area contributed by atoms with Crippen molar-refractivity contribution >= 4 is 21.6 Å². The van der Waals surface area contributed by atoms with Crippen LogP contribution in [-0.2, 0) is 10.0 Å². The summed E-state index contributed by atoms with van der Waals surface area (Å²) < 4.78 is 24.8. The molecule has 1 aromatic rings. The maximum atomic E-state index is 11.1. The van der Waals surface area contributed by atoms with Gasteiger partial charge in [-0.3, -0.25) is 0 Å². The zero-order valence-corrected chi connectivity index (χ0v) is 10.3. The normalized spacial score (nSPS) is 13.8. The molecule has 84 valence electrons. The molecule has 0 aliphatic rings. The molecule has 0 saturated heterocycles. The standard InChI is InChI=1S/C10H14ClNO2S/c1-3-10(12-15(2,13)14)8-6-4-5-7-9(8)11/h4-7,10,12H,3H2,1-2H3/t10-/m0/s1. The van der Waals surface area contributed by atoms with Gasteiger partial charge in [-0.05, 0) is 18.1 Å². The lowest BCUT2D eigenvalue weighted by molar-refractivity contribution is 0.556. The number of hydrogen-bond acceptors (Lipinski definition) is 2. The average Bonchev–Trinajstić information content (AvgIpc) is 2.14. The molecular formula is C10H14ClNO2S. The van der Waals surface area contributed by atoms with Gasteiger partial charge in [0.25, 0.3) is 0 Å². The molecule has 5 heteroatoms. The highest BCUT2D eigenvalue weighted by molar-refractivity contribution is 7.88. The molecule has 0 amide bonds. The summed E-state index contributed by atoms with van der Waals surface area (Å²) in [5.74, 6) is 0. The number of sulfonamides is 1. The minimum atomic E-state index is -3.21. The third kappa shape index (κ3) is 3.81. The van der Waals surface area contributed by atoms with Crippen LogP contribution in [0.2, 0.25) is 5.02 Å². The summed E-state index contributed by atoms with van der Waals surface area (Å²) in [4.78, 5) is 0. The third-order valence-electron chi connectivity index (χ3n) is 2.05. The van der Waals surface area contributed by atoms with Crippen LogP contribution in [0.15, 0.2) is 24.3 Å². The molecule has 1 rings (SSSR count). The summed E-state index contributed by atoms with van der Waals surface area (Å²) in [5.41, 5.74) is 0.812. The van der Waals surface area contributed by atoms with E-state index in [4.69, 9.17) is 11.6 Å². The first-order valence-corrected chi connectivity index (χ1v) is 6.92. The van der Waals surface area contributed by atoms with E-state index in [-0.39, 0.29) is 6.04 Å². The molecule has 1 aromatic carbocycles.